The van der Waals surface area contributed by atoms with Gasteiger partial charge in [-0.2, -0.15) is 0 Å². The summed E-state index contributed by atoms with van der Waals surface area (Å²) < 4.78 is 4.47. The molecule has 144 valence electrons. The van der Waals surface area contributed by atoms with Gasteiger partial charge in [0.25, 0.3) is 0 Å². The molecule has 3 aromatic rings. The van der Waals surface area contributed by atoms with Crippen molar-refractivity contribution >= 4 is 12.4 Å². The largest absolute Gasteiger partial charge is 0.329 e. The molecule has 2 aromatic heterocycles. The Labute approximate surface area is 167 Å². The van der Waals surface area contributed by atoms with E-state index in [0.29, 0.717) is 0 Å². The van der Waals surface area contributed by atoms with E-state index in [0.717, 1.165) is 30.9 Å². The lowest BCUT2D eigenvalue weighted by molar-refractivity contribution is 0.223. The number of nitrogens with zero attached hydrogens (tertiary/aromatic N) is 5. The van der Waals surface area contributed by atoms with Crippen molar-refractivity contribution in [3.63, 3.8) is 0 Å². The Bertz CT molecular complexity index is 805. The summed E-state index contributed by atoms with van der Waals surface area (Å²) in [6, 6.07) is 10.5. The van der Waals surface area contributed by atoms with E-state index < -0.39 is 0 Å². The van der Waals surface area contributed by atoms with Crippen LogP contribution < -0.4 is 0 Å². The van der Waals surface area contributed by atoms with E-state index >= 15 is 0 Å². The number of piperidine rings is 1. The van der Waals surface area contributed by atoms with Gasteiger partial charge in [-0.3, -0.25) is 0 Å². The first-order chi connectivity index (χ1) is 12.9. The fourth-order valence-electron chi connectivity index (χ4n) is 3.80. The van der Waals surface area contributed by atoms with Crippen molar-refractivity contribution in [2.24, 2.45) is 0 Å². The maximum atomic E-state index is 4.40. The second-order valence-electron chi connectivity index (χ2n) is 7.12. The lowest BCUT2D eigenvalue weighted by Crippen LogP contribution is -2.31. The first kappa shape index (κ1) is 19.6. The molecule has 5 nitrogen and oxygen atoms in total. The molecular weight excluding hydrogens is 358 g/mol. The molecule has 4 rings (SSSR count). The molecule has 0 N–H and O–H groups in total. The van der Waals surface area contributed by atoms with Crippen LogP contribution in [-0.2, 0) is 13.1 Å². The van der Waals surface area contributed by atoms with Crippen molar-refractivity contribution in [1.29, 1.82) is 0 Å². The Morgan fingerprint density at radius 2 is 1.44 bits per heavy atom. The Morgan fingerprint density at radius 3 is 2.19 bits per heavy atom. The van der Waals surface area contributed by atoms with Gasteiger partial charge in [-0.05, 0) is 44.5 Å². The van der Waals surface area contributed by atoms with Crippen LogP contribution in [-0.4, -0.2) is 43.6 Å². The molecule has 0 radical (unpaired) electrons. The summed E-state index contributed by atoms with van der Waals surface area (Å²) in [5, 5.41) is 0. The summed E-state index contributed by atoms with van der Waals surface area (Å²) in [6.45, 7) is 5.54. The SMILES string of the molecule is Cl.c1ccc(Cn2cncc2-c2cncn2CCCN2CCCCC2)cc1. The highest BCUT2D eigenvalue weighted by Gasteiger charge is 2.12. The molecule has 1 fully saturated rings. The molecule has 1 saturated heterocycles. The first-order valence-electron chi connectivity index (χ1n) is 9.67. The van der Waals surface area contributed by atoms with E-state index in [1.807, 2.05) is 25.0 Å². The molecule has 0 amide bonds. The Balaban J connectivity index is 0.00000210. The number of aromatic nitrogens is 4. The van der Waals surface area contributed by atoms with Gasteiger partial charge < -0.3 is 14.0 Å². The smallest absolute Gasteiger partial charge is 0.0954 e. The standard InChI is InChI=1S/C21H27N5.ClH/c1-3-8-19(9-4-1)16-26-18-23-15-21(26)20-14-22-17-25(20)13-7-12-24-10-5-2-6-11-24;/h1,3-4,8-9,14-15,17-18H,2,5-7,10-13,16H2;1H. The van der Waals surface area contributed by atoms with Crippen LogP contribution in [0.15, 0.2) is 55.4 Å². The number of benzene rings is 1. The normalized spacial score (nSPS) is 14.8. The number of hydrogen-bond acceptors (Lipinski definition) is 3. The minimum absolute atomic E-state index is 0. The zero-order valence-corrected chi connectivity index (χ0v) is 16.5. The van der Waals surface area contributed by atoms with Crippen molar-refractivity contribution in [3.8, 4) is 11.4 Å². The lowest BCUT2D eigenvalue weighted by Gasteiger charge is -2.26. The third kappa shape index (κ3) is 4.99. The number of halogens is 1. The van der Waals surface area contributed by atoms with Crippen molar-refractivity contribution < 1.29 is 0 Å². The molecule has 0 aliphatic carbocycles. The summed E-state index contributed by atoms with van der Waals surface area (Å²) in [5.41, 5.74) is 3.56. The monoisotopic (exact) mass is 385 g/mol. The van der Waals surface area contributed by atoms with Crippen LogP contribution in [0.25, 0.3) is 11.4 Å². The molecule has 0 atom stereocenters. The van der Waals surface area contributed by atoms with E-state index in [4.69, 9.17) is 0 Å². The quantitative estimate of drug-likeness (QED) is 0.614. The van der Waals surface area contributed by atoms with Gasteiger partial charge in [-0.1, -0.05) is 36.8 Å². The number of aryl methyl sites for hydroxylation is 1. The van der Waals surface area contributed by atoms with E-state index in [1.54, 1.807) is 0 Å². The second kappa shape index (κ2) is 9.72. The van der Waals surface area contributed by atoms with Crippen LogP contribution >= 0.6 is 12.4 Å². The van der Waals surface area contributed by atoms with Crippen molar-refractivity contribution in [1.82, 2.24) is 24.0 Å². The molecule has 1 aliphatic heterocycles. The second-order valence-corrected chi connectivity index (χ2v) is 7.12. The average molecular weight is 386 g/mol. The van der Waals surface area contributed by atoms with Crippen LogP contribution in [0.4, 0.5) is 0 Å². The van der Waals surface area contributed by atoms with Gasteiger partial charge in [0, 0.05) is 13.1 Å². The average Bonchev–Trinajstić information content (AvgIpc) is 3.32. The van der Waals surface area contributed by atoms with Crippen molar-refractivity contribution in [2.75, 3.05) is 19.6 Å². The summed E-state index contributed by atoms with van der Waals surface area (Å²) in [6.07, 6.45) is 13.0. The van der Waals surface area contributed by atoms with Gasteiger partial charge in [0.2, 0.25) is 0 Å². The molecule has 0 bridgehead atoms. The van der Waals surface area contributed by atoms with E-state index in [2.05, 4.69) is 54.3 Å². The molecular formula is C21H28ClN5. The van der Waals surface area contributed by atoms with E-state index in [1.165, 1.54) is 44.5 Å². The molecule has 3 heterocycles. The molecule has 0 spiro atoms. The van der Waals surface area contributed by atoms with Gasteiger partial charge in [0.1, 0.15) is 0 Å². The third-order valence-corrected chi connectivity index (χ3v) is 5.20. The minimum Gasteiger partial charge on any atom is -0.329 e. The Morgan fingerprint density at radius 1 is 0.778 bits per heavy atom. The number of imidazole rings is 2. The summed E-state index contributed by atoms with van der Waals surface area (Å²) in [7, 11) is 0. The van der Waals surface area contributed by atoms with Crippen LogP contribution in [0.5, 0.6) is 0 Å². The summed E-state index contributed by atoms with van der Waals surface area (Å²) >= 11 is 0. The third-order valence-electron chi connectivity index (χ3n) is 5.20. The molecule has 0 unspecified atom stereocenters. The maximum absolute atomic E-state index is 4.40. The first-order valence-corrected chi connectivity index (χ1v) is 9.67. The topological polar surface area (TPSA) is 38.9 Å². The van der Waals surface area contributed by atoms with Crippen LogP contribution in [0.3, 0.4) is 0 Å². The number of rotatable bonds is 7. The molecule has 1 aliphatic rings. The highest BCUT2D eigenvalue weighted by atomic mass is 35.5. The van der Waals surface area contributed by atoms with Crippen LogP contribution in [0.1, 0.15) is 31.2 Å². The van der Waals surface area contributed by atoms with Gasteiger partial charge in [0.05, 0.1) is 36.4 Å². The van der Waals surface area contributed by atoms with E-state index in [9.17, 15) is 0 Å². The van der Waals surface area contributed by atoms with E-state index in [-0.39, 0.29) is 12.4 Å². The zero-order valence-electron chi connectivity index (χ0n) is 15.7. The summed E-state index contributed by atoms with van der Waals surface area (Å²) in [4.78, 5) is 11.4. The molecule has 0 saturated carbocycles. The van der Waals surface area contributed by atoms with Crippen molar-refractivity contribution in [3.05, 3.63) is 60.9 Å². The lowest BCUT2D eigenvalue weighted by atomic mass is 10.1. The molecule has 6 heteroatoms. The van der Waals surface area contributed by atoms with Gasteiger partial charge in [-0.25, -0.2) is 9.97 Å². The van der Waals surface area contributed by atoms with Crippen LogP contribution in [0, 0.1) is 0 Å². The Kier molecular flexibility index (Phi) is 7.07. The van der Waals surface area contributed by atoms with Crippen molar-refractivity contribution in [2.45, 2.75) is 38.8 Å². The summed E-state index contributed by atoms with van der Waals surface area (Å²) in [5.74, 6) is 0. The predicted octanol–water partition coefficient (Wildman–Crippen LogP) is 4.09. The highest BCUT2D eigenvalue weighted by Crippen LogP contribution is 2.20. The minimum atomic E-state index is 0. The van der Waals surface area contributed by atoms with Gasteiger partial charge in [0.15, 0.2) is 0 Å². The predicted molar refractivity (Wildman–Crippen MR) is 111 cm³/mol. The number of hydrogen-bond donors (Lipinski definition) is 0. The number of likely N-dealkylation sites (tertiary alicyclic amines) is 1. The fraction of sp³-hybridized carbons (Fsp3) is 0.429. The maximum Gasteiger partial charge on any atom is 0.0954 e. The Hall–Kier alpha value is -2.11. The van der Waals surface area contributed by atoms with Gasteiger partial charge in [-0.15, -0.1) is 12.4 Å². The zero-order chi connectivity index (χ0) is 17.6. The molecule has 27 heavy (non-hydrogen) atoms. The van der Waals surface area contributed by atoms with Crippen LogP contribution in [0.2, 0.25) is 0 Å². The fourth-order valence-corrected chi connectivity index (χ4v) is 3.80. The van der Waals surface area contributed by atoms with Gasteiger partial charge >= 0.3 is 0 Å². The molecule has 1 aromatic carbocycles. The highest BCUT2D eigenvalue weighted by molar-refractivity contribution is 5.85.